The van der Waals surface area contributed by atoms with Gasteiger partial charge >= 0.3 is 0 Å². The first kappa shape index (κ1) is 11.6. The summed E-state index contributed by atoms with van der Waals surface area (Å²) in [6.07, 6.45) is 2.31. The molecule has 2 rings (SSSR count). The summed E-state index contributed by atoms with van der Waals surface area (Å²) in [4.78, 5) is 0. The second-order valence-electron chi connectivity index (χ2n) is 4.02. The maximum Gasteiger partial charge on any atom is 0.129 e. The Labute approximate surface area is 95.9 Å². The Morgan fingerprint density at radius 2 is 2.06 bits per heavy atom. The lowest BCUT2D eigenvalue weighted by Crippen LogP contribution is -2.23. The van der Waals surface area contributed by atoms with Gasteiger partial charge in [0.1, 0.15) is 18.1 Å². The molecule has 1 saturated heterocycles. The van der Waals surface area contributed by atoms with Crippen molar-refractivity contribution in [2.24, 2.45) is 0 Å². The maximum atomic E-state index is 5.77. The third-order valence-corrected chi connectivity index (χ3v) is 2.70. The van der Waals surface area contributed by atoms with Crippen molar-refractivity contribution in [2.75, 3.05) is 20.3 Å². The monoisotopic (exact) mass is 225 g/mol. The molecule has 0 saturated carbocycles. The number of furan rings is 1. The molecule has 1 aliphatic heterocycles. The summed E-state index contributed by atoms with van der Waals surface area (Å²) >= 11 is 0. The number of rotatable bonds is 5. The number of hydrogen-bond acceptors (Lipinski definition) is 4. The Morgan fingerprint density at radius 1 is 1.31 bits per heavy atom. The molecular formula is C12H19NO3. The molecule has 0 atom stereocenters. The van der Waals surface area contributed by atoms with Crippen LogP contribution in [0.5, 0.6) is 0 Å². The highest BCUT2D eigenvalue weighted by molar-refractivity contribution is 5.06. The molecule has 0 unspecified atom stereocenters. The van der Waals surface area contributed by atoms with E-state index < -0.39 is 0 Å². The number of nitrogens with one attached hydrogen (secondary N) is 1. The molecule has 1 N–H and O–H groups in total. The van der Waals surface area contributed by atoms with Gasteiger partial charge in [-0.1, -0.05) is 0 Å². The first-order valence-electron chi connectivity index (χ1n) is 5.80. The van der Waals surface area contributed by atoms with Gasteiger partial charge < -0.3 is 19.2 Å². The van der Waals surface area contributed by atoms with Crippen LogP contribution in [0.2, 0.25) is 0 Å². The van der Waals surface area contributed by atoms with E-state index in [0.29, 0.717) is 12.7 Å². The molecule has 0 aliphatic carbocycles. The topological polar surface area (TPSA) is 43.6 Å². The summed E-state index contributed by atoms with van der Waals surface area (Å²) in [5.41, 5.74) is 0. The molecule has 0 bridgehead atoms. The summed E-state index contributed by atoms with van der Waals surface area (Å²) in [6, 6.07) is 3.96. The molecule has 0 spiro atoms. The zero-order chi connectivity index (χ0) is 11.2. The smallest absolute Gasteiger partial charge is 0.129 e. The van der Waals surface area contributed by atoms with Crippen LogP contribution < -0.4 is 5.32 Å². The normalized spacial score (nSPS) is 17.8. The zero-order valence-electron chi connectivity index (χ0n) is 9.70. The van der Waals surface area contributed by atoms with Gasteiger partial charge in [-0.15, -0.1) is 0 Å². The van der Waals surface area contributed by atoms with Crippen LogP contribution in [0.3, 0.4) is 0 Å². The van der Waals surface area contributed by atoms with Gasteiger partial charge in [-0.3, -0.25) is 0 Å². The molecule has 90 valence electrons. The van der Waals surface area contributed by atoms with Crippen molar-refractivity contribution in [2.45, 2.75) is 32.1 Å². The van der Waals surface area contributed by atoms with Gasteiger partial charge in [-0.25, -0.2) is 0 Å². The van der Waals surface area contributed by atoms with E-state index in [1.54, 1.807) is 0 Å². The second-order valence-corrected chi connectivity index (χ2v) is 4.02. The first-order valence-corrected chi connectivity index (χ1v) is 5.80. The lowest BCUT2D eigenvalue weighted by atomic mass is 10.1. The molecule has 1 aromatic rings. The summed E-state index contributed by atoms with van der Waals surface area (Å²) in [5.74, 6) is 1.85. The van der Waals surface area contributed by atoms with Crippen LogP contribution in [0.4, 0.5) is 0 Å². The standard InChI is InChI=1S/C12H19NO3/c1-13-8-11-2-3-12(16-11)9-15-10-4-6-14-7-5-10/h2-3,10,13H,4-9H2,1H3. The lowest BCUT2D eigenvalue weighted by molar-refractivity contribution is -0.0435. The highest BCUT2D eigenvalue weighted by Crippen LogP contribution is 2.15. The van der Waals surface area contributed by atoms with Crippen molar-refractivity contribution >= 4 is 0 Å². The van der Waals surface area contributed by atoms with Gasteiger partial charge in [0.05, 0.1) is 12.6 Å². The Morgan fingerprint density at radius 3 is 2.81 bits per heavy atom. The fourth-order valence-corrected chi connectivity index (χ4v) is 1.81. The van der Waals surface area contributed by atoms with Gasteiger partial charge in [0.25, 0.3) is 0 Å². The molecule has 1 aliphatic rings. The minimum Gasteiger partial charge on any atom is -0.462 e. The Hall–Kier alpha value is -0.840. The van der Waals surface area contributed by atoms with E-state index in [4.69, 9.17) is 13.9 Å². The van der Waals surface area contributed by atoms with Crippen LogP contribution in [0, 0.1) is 0 Å². The third-order valence-electron chi connectivity index (χ3n) is 2.70. The molecule has 4 nitrogen and oxygen atoms in total. The minimum atomic E-state index is 0.326. The molecule has 16 heavy (non-hydrogen) atoms. The first-order chi connectivity index (χ1) is 7.88. The highest BCUT2D eigenvalue weighted by Gasteiger charge is 2.14. The average Bonchev–Trinajstić information content (AvgIpc) is 2.76. The summed E-state index contributed by atoms with van der Waals surface area (Å²) in [5, 5.41) is 3.05. The molecule has 0 amide bonds. The largest absolute Gasteiger partial charge is 0.462 e. The van der Waals surface area contributed by atoms with Gasteiger partial charge in [0.2, 0.25) is 0 Å². The lowest BCUT2D eigenvalue weighted by Gasteiger charge is -2.21. The number of hydrogen-bond donors (Lipinski definition) is 1. The molecule has 4 heteroatoms. The van der Waals surface area contributed by atoms with E-state index in [1.807, 2.05) is 19.2 Å². The van der Waals surface area contributed by atoms with Crippen molar-refractivity contribution in [3.8, 4) is 0 Å². The van der Waals surface area contributed by atoms with E-state index in [2.05, 4.69) is 5.32 Å². The van der Waals surface area contributed by atoms with Crippen LogP contribution in [-0.2, 0) is 22.6 Å². The predicted molar refractivity (Wildman–Crippen MR) is 60.1 cm³/mol. The average molecular weight is 225 g/mol. The van der Waals surface area contributed by atoms with Crippen molar-refractivity contribution in [3.63, 3.8) is 0 Å². The van der Waals surface area contributed by atoms with E-state index in [0.717, 1.165) is 44.1 Å². The quantitative estimate of drug-likeness (QED) is 0.828. The van der Waals surface area contributed by atoms with Crippen molar-refractivity contribution < 1.29 is 13.9 Å². The van der Waals surface area contributed by atoms with Gasteiger partial charge in [-0.2, -0.15) is 0 Å². The molecule has 0 aromatic carbocycles. The fourth-order valence-electron chi connectivity index (χ4n) is 1.81. The van der Waals surface area contributed by atoms with E-state index in [1.165, 1.54) is 0 Å². The molecule has 0 radical (unpaired) electrons. The van der Waals surface area contributed by atoms with Gasteiger partial charge in [-0.05, 0) is 32.0 Å². The highest BCUT2D eigenvalue weighted by atomic mass is 16.5. The van der Waals surface area contributed by atoms with Crippen LogP contribution >= 0.6 is 0 Å². The van der Waals surface area contributed by atoms with Crippen LogP contribution in [0.25, 0.3) is 0 Å². The third kappa shape index (κ3) is 3.33. The van der Waals surface area contributed by atoms with E-state index in [9.17, 15) is 0 Å². The Balaban J connectivity index is 1.75. The second kappa shape index (κ2) is 6.03. The van der Waals surface area contributed by atoms with Crippen molar-refractivity contribution in [1.29, 1.82) is 0 Å². The van der Waals surface area contributed by atoms with Crippen LogP contribution in [0.15, 0.2) is 16.5 Å². The SMILES string of the molecule is CNCc1ccc(COC2CCOCC2)o1. The maximum absolute atomic E-state index is 5.77. The summed E-state index contributed by atoms with van der Waals surface area (Å²) in [6.45, 7) is 2.95. The van der Waals surface area contributed by atoms with Crippen molar-refractivity contribution in [3.05, 3.63) is 23.7 Å². The Kier molecular flexibility index (Phi) is 4.39. The van der Waals surface area contributed by atoms with Gasteiger partial charge in [0.15, 0.2) is 0 Å². The molecule has 1 aromatic heterocycles. The fraction of sp³-hybridized carbons (Fsp3) is 0.667. The van der Waals surface area contributed by atoms with Gasteiger partial charge in [0, 0.05) is 13.2 Å². The van der Waals surface area contributed by atoms with Crippen LogP contribution in [0.1, 0.15) is 24.4 Å². The molecular weight excluding hydrogens is 206 g/mol. The summed E-state index contributed by atoms with van der Waals surface area (Å²) in [7, 11) is 1.90. The minimum absolute atomic E-state index is 0.326. The molecule has 2 heterocycles. The molecule has 1 fully saturated rings. The zero-order valence-corrected chi connectivity index (χ0v) is 9.70. The van der Waals surface area contributed by atoms with Crippen molar-refractivity contribution in [1.82, 2.24) is 5.32 Å². The van der Waals surface area contributed by atoms with Crippen LogP contribution in [-0.4, -0.2) is 26.4 Å². The van der Waals surface area contributed by atoms with E-state index >= 15 is 0 Å². The Bertz CT molecular complexity index is 305. The predicted octanol–water partition coefficient (Wildman–Crippen LogP) is 1.69. The summed E-state index contributed by atoms with van der Waals surface area (Å²) < 4.78 is 16.6. The van der Waals surface area contributed by atoms with E-state index in [-0.39, 0.29) is 0 Å². The number of ether oxygens (including phenoxy) is 2.